The van der Waals surface area contributed by atoms with Crippen LogP contribution in [0, 0.1) is 0 Å². The molecule has 0 aliphatic carbocycles. The van der Waals surface area contributed by atoms with E-state index in [0.29, 0.717) is 29.2 Å². The molecule has 7 nitrogen and oxygen atoms in total. The highest BCUT2D eigenvalue weighted by Crippen LogP contribution is 2.28. The summed E-state index contributed by atoms with van der Waals surface area (Å²) >= 11 is 1.48. The van der Waals surface area contributed by atoms with Crippen molar-refractivity contribution in [2.24, 2.45) is 0 Å². The Morgan fingerprint density at radius 2 is 1.84 bits per heavy atom. The van der Waals surface area contributed by atoms with Gasteiger partial charge in [0.05, 0.1) is 23.6 Å². The summed E-state index contributed by atoms with van der Waals surface area (Å²) < 4.78 is 4.90. The molecule has 132 valence electrons. The topological polar surface area (TPSA) is 84.0 Å². The molecule has 0 N–H and O–H groups in total. The Labute approximate surface area is 149 Å². The molecule has 25 heavy (non-hydrogen) atoms. The molecule has 0 bridgehead atoms. The lowest BCUT2D eigenvalue weighted by Crippen LogP contribution is -2.51. The van der Waals surface area contributed by atoms with Crippen molar-refractivity contribution in [3.8, 4) is 0 Å². The average Bonchev–Trinajstić information content (AvgIpc) is 2.73. The van der Waals surface area contributed by atoms with E-state index in [0.717, 1.165) is 4.90 Å². The van der Waals surface area contributed by atoms with Crippen LogP contribution in [0.2, 0.25) is 0 Å². The number of imide groups is 1. The van der Waals surface area contributed by atoms with Crippen LogP contribution < -0.4 is 0 Å². The number of carbonyl (C=O) groups excluding carboxylic acids is 4. The Kier molecular flexibility index (Phi) is 5.08. The monoisotopic (exact) mass is 362 g/mol. The SMILES string of the molecule is CCOC(=O)CN1CSCCC(N2C(=O)c3ccccc3C2=O)C1=O. The first-order chi connectivity index (χ1) is 12.0. The number of hydrogen-bond acceptors (Lipinski definition) is 6. The van der Waals surface area contributed by atoms with E-state index in [-0.39, 0.29) is 13.2 Å². The lowest BCUT2D eigenvalue weighted by atomic mass is 10.1. The van der Waals surface area contributed by atoms with Gasteiger partial charge in [0, 0.05) is 0 Å². The maximum absolute atomic E-state index is 12.9. The minimum Gasteiger partial charge on any atom is -0.465 e. The fourth-order valence-corrected chi connectivity index (χ4v) is 3.94. The second kappa shape index (κ2) is 7.26. The van der Waals surface area contributed by atoms with Crippen LogP contribution in [0.15, 0.2) is 24.3 Å². The zero-order chi connectivity index (χ0) is 18.0. The molecule has 1 aromatic carbocycles. The van der Waals surface area contributed by atoms with E-state index in [2.05, 4.69) is 0 Å². The molecule has 3 amide bonds. The number of esters is 1. The predicted molar refractivity (Wildman–Crippen MR) is 91.0 cm³/mol. The zero-order valence-corrected chi connectivity index (χ0v) is 14.6. The van der Waals surface area contributed by atoms with Gasteiger partial charge in [0.2, 0.25) is 5.91 Å². The summed E-state index contributed by atoms with van der Waals surface area (Å²) in [6, 6.07) is 5.65. The lowest BCUT2D eigenvalue weighted by Gasteiger charge is -2.28. The molecular formula is C17H18N2O5S. The van der Waals surface area contributed by atoms with E-state index in [1.54, 1.807) is 31.2 Å². The summed E-state index contributed by atoms with van der Waals surface area (Å²) in [5.74, 6) is -0.864. The third-order valence-electron chi connectivity index (χ3n) is 4.14. The number of thioether (sulfide) groups is 1. The number of hydrogen-bond donors (Lipinski definition) is 0. The quantitative estimate of drug-likeness (QED) is 0.590. The number of benzene rings is 1. The highest BCUT2D eigenvalue weighted by atomic mass is 32.2. The number of nitrogens with zero attached hydrogens (tertiary/aromatic N) is 2. The summed E-state index contributed by atoms with van der Waals surface area (Å²) in [4.78, 5) is 52.3. The Bertz CT molecular complexity index is 701. The summed E-state index contributed by atoms with van der Waals surface area (Å²) in [6.07, 6.45) is 0.369. The first-order valence-corrected chi connectivity index (χ1v) is 9.19. The third-order valence-corrected chi connectivity index (χ3v) is 5.16. The van der Waals surface area contributed by atoms with Crippen molar-refractivity contribution in [2.75, 3.05) is 24.8 Å². The molecule has 2 heterocycles. The molecule has 0 radical (unpaired) electrons. The van der Waals surface area contributed by atoms with Crippen molar-refractivity contribution < 1.29 is 23.9 Å². The van der Waals surface area contributed by atoms with Gasteiger partial charge in [0.1, 0.15) is 12.6 Å². The maximum atomic E-state index is 12.9. The van der Waals surface area contributed by atoms with Crippen molar-refractivity contribution in [1.29, 1.82) is 0 Å². The molecule has 0 spiro atoms. The maximum Gasteiger partial charge on any atom is 0.325 e. The largest absolute Gasteiger partial charge is 0.465 e. The standard InChI is InChI=1S/C17H18N2O5S/c1-2-24-14(20)9-18-10-25-8-7-13(17(18)23)19-15(21)11-5-3-4-6-12(11)16(19)22/h3-6,13H,2,7-10H2,1H3. The normalized spacial score (nSPS) is 20.5. The lowest BCUT2D eigenvalue weighted by molar-refractivity contribution is -0.149. The van der Waals surface area contributed by atoms with Crippen molar-refractivity contribution >= 4 is 35.5 Å². The second-order valence-corrected chi connectivity index (χ2v) is 6.78. The van der Waals surface area contributed by atoms with Crippen LogP contribution in [0.1, 0.15) is 34.1 Å². The summed E-state index contributed by atoms with van der Waals surface area (Å²) in [7, 11) is 0. The summed E-state index contributed by atoms with van der Waals surface area (Å²) in [6.45, 7) is 1.74. The van der Waals surface area contributed by atoms with Crippen LogP contribution in [0.3, 0.4) is 0 Å². The van der Waals surface area contributed by atoms with Gasteiger partial charge >= 0.3 is 5.97 Å². The van der Waals surface area contributed by atoms with E-state index in [1.165, 1.54) is 16.7 Å². The van der Waals surface area contributed by atoms with Gasteiger partial charge in [0.15, 0.2) is 0 Å². The average molecular weight is 362 g/mol. The molecule has 1 saturated heterocycles. The molecular weight excluding hydrogens is 344 g/mol. The number of carbonyl (C=O) groups is 4. The van der Waals surface area contributed by atoms with Crippen molar-refractivity contribution in [1.82, 2.24) is 9.80 Å². The van der Waals surface area contributed by atoms with Crippen LogP contribution in [0.5, 0.6) is 0 Å². The van der Waals surface area contributed by atoms with E-state index in [4.69, 9.17) is 4.74 Å². The Balaban J connectivity index is 1.84. The molecule has 2 aliphatic heterocycles. The smallest absolute Gasteiger partial charge is 0.325 e. The van der Waals surface area contributed by atoms with Crippen molar-refractivity contribution in [3.05, 3.63) is 35.4 Å². The Morgan fingerprint density at radius 1 is 1.20 bits per heavy atom. The molecule has 2 aliphatic rings. The predicted octanol–water partition coefficient (Wildman–Crippen LogP) is 1.14. The highest BCUT2D eigenvalue weighted by molar-refractivity contribution is 7.99. The molecule has 1 aromatic rings. The van der Waals surface area contributed by atoms with E-state index < -0.39 is 29.7 Å². The fourth-order valence-electron chi connectivity index (χ4n) is 2.98. The van der Waals surface area contributed by atoms with E-state index >= 15 is 0 Å². The summed E-state index contributed by atoms with van der Waals surface area (Å²) in [5.41, 5.74) is 0.628. The molecule has 1 unspecified atom stereocenters. The number of ether oxygens (including phenoxy) is 1. The molecule has 8 heteroatoms. The number of fused-ring (bicyclic) bond motifs is 1. The van der Waals surface area contributed by atoms with Crippen molar-refractivity contribution in [2.45, 2.75) is 19.4 Å². The minimum absolute atomic E-state index is 0.181. The van der Waals surface area contributed by atoms with Gasteiger partial charge in [0.25, 0.3) is 11.8 Å². The van der Waals surface area contributed by atoms with Crippen LogP contribution >= 0.6 is 11.8 Å². The van der Waals surface area contributed by atoms with Gasteiger partial charge in [-0.05, 0) is 31.2 Å². The first kappa shape index (κ1) is 17.5. The van der Waals surface area contributed by atoms with Crippen LogP contribution in [-0.4, -0.2) is 64.3 Å². The van der Waals surface area contributed by atoms with Crippen LogP contribution in [0.25, 0.3) is 0 Å². The van der Waals surface area contributed by atoms with E-state index in [9.17, 15) is 19.2 Å². The van der Waals surface area contributed by atoms with E-state index in [1.807, 2.05) is 0 Å². The van der Waals surface area contributed by atoms with Gasteiger partial charge in [-0.1, -0.05) is 12.1 Å². The molecule has 1 atom stereocenters. The first-order valence-electron chi connectivity index (χ1n) is 8.03. The Morgan fingerprint density at radius 3 is 2.44 bits per heavy atom. The minimum atomic E-state index is -0.892. The van der Waals surface area contributed by atoms with Gasteiger partial charge < -0.3 is 9.64 Å². The van der Waals surface area contributed by atoms with Gasteiger partial charge in [-0.2, -0.15) is 0 Å². The Hall–Kier alpha value is -2.35. The van der Waals surface area contributed by atoms with Gasteiger partial charge in [-0.15, -0.1) is 11.8 Å². The molecule has 1 fully saturated rings. The fraction of sp³-hybridized carbons (Fsp3) is 0.412. The number of rotatable bonds is 4. The van der Waals surface area contributed by atoms with Gasteiger partial charge in [-0.3, -0.25) is 24.1 Å². The molecule has 0 aromatic heterocycles. The van der Waals surface area contributed by atoms with Crippen LogP contribution in [-0.2, 0) is 14.3 Å². The number of amides is 3. The molecule has 3 rings (SSSR count). The van der Waals surface area contributed by atoms with Gasteiger partial charge in [-0.25, -0.2) is 0 Å². The highest BCUT2D eigenvalue weighted by Gasteiger charge is 2.44. The van der Waals surface area contributed by atoms with Crippen molar-refractivity contribution in [3.63, 3.8) is 0 Å². The molecule has 0 saturated carbocycles. The summed E-state index contributed by atoms with van der Waals surface area (Å²) in [5, 5.41) is 0. The second-order valence-electron chi connectivity index (χ2n) is 5.71. The van der Waals surface area contributed by atoms with Crippen LogP contribution in [0.4, 0.5) is 0 Å². The third kappa shape index (κ3) is 3.26. The zero-order valence-electron chi connectivity index (χ0n) is 13.8.